The number of nitrogens with two attached hydrogens (primary N) is 1. The minimum Gasteiger partial charge on any atom is -0.488 e. The second-order valence-electron chi connectivity index (χ2n) is 2.20. The first kappa shape index (κ1) is 2.62. The fraction of sp³-hybridized carbons (Fsp3) is 0.444. The van der Waals surface area contributed by atoms with Gasteiger partial charge in [0.2, 0.25) is 0 Å². The van der Waals surface area contributed by atoms with Crippen LogP contribution in [0.15, 0.2) is 18.3 Å². The molecule has 3 nitrogen and oxygen atoms in total. The molecule has 0 fully saturated rings. The van der Waals surface area contributed by atoms with E-state index in [1.54, 1.807) is 0 Å². The molecule has 1 heterocycles. The van der Waals surface area contributed by atoms with Crippen LogP contribution in [0.5, 0.6) is 5.75 Å². The number of nitrogens with zero attached hydrogens (tertiary/aromatic N) is 1. The lowest BCUT2D eigenvalue weighted by molar-refractivity contribution is 0.131. The van der Waals surface area contributed by atoms with Crippen LogP contribution in [-0.4, -0.2) is 10.6 Å². The van der Waals surface area contributed by atoms with E-state index in [2.05, 4.69) is 4.98 Å². The first-order valence-electron chi connectivity index (χ1n) is 7.63. The molecule has 66 valence electrons. The van der Waals surface area contributed by atoms with Gasteiger partial charge >= 0.3 is 0 Å². The highest BCUT2D eigenvalue weighted by Crippen LogP contribution is 2.18. The Morgan fingerprint density at radius 2 is 2.33 bits per heavy atom. The number of pyridine rings is 1. The highest BCUT2D eigenvalue weighted by molar-refractivity contribution is 5.35. The van der Waals surface area contributed by atoms with Crippen molar-refractivity contribution in [1.82, 2.24) is 4.98 Å². The molecule has 0 aliphatic rings. The summed E-state index contributed by atoms with van der Waals surface area (Å²) in [5, 5.41) is 0. The highest BCUT2D eigenvalue weighted by atomic mass is 16.5. The molecular formula is C9H14N2O. The maximum absolute atomic E-state index is 7.39. The molecule has 0 radical (unpaired) electrons. The Balaban J connectivity index is 3.52. The smallest absolute Gasteiger partial charge is 0.126 e. The standard InChI is InChI=1S/C9H14N2O/c1-9(2,3)12-7-4-5-11-8(10)6-7/h4-6H,1-3H3,(H2,10,11)/i1D3,2D3,3D3. The molecular weight excluding hydrogens is 152 g/mol. The number of rotatable bonds is 1. The van der Waals surface area contributed by atoms with Gasteiger partial charge in [-0.2, -0.15) is 0 Å². The van der Waals surface area contributed by atoms with E-state index < -0.39 is 26.2 Å². The third-order valence-corrected chi connectivity index (χ3v) is 1.02. The van der Waals surface area contributed by atoms with Gasteiger partial charge in [-0.3, -0.25) is 0 Å². The van der Waals surface area contributed by atoms with Crippen molar-refractivity contribution >= 4 is 5.82 Å². The van der Waals surface area contributed by atoms with Crippen LogP contribution in [0.1, 0.15) is 32.9 Å². The minimum absolute atomic E-state index is 0.0666. The summed E-state index contributed by atoms with van der Waals surface area (Å²) in [6, 6.07) is 2.19. The summed E-state index contributed by atoms with van der Waals surface area (Å²) in [5.74, 6) is -0.367. The Morgan fingerprint density at radius 3 is 2.92 bits per heavy atom. The molecule has 0 spiro atoms. The van der Waals surface area contributed by atoms with Crippen molar-refractivity contribution in [2.75, 3.05) is 5.73 Å². The zero-order valence-corrected chi connectivity index (χ0v) is 6.16. The number of ether oxygens (including phenoxy) is 1. The van der Waals surface area contributed by atoms with E-state index in [4.69, 9.17) is 22.8 Å². The Hall–Kier alpha value is -1.25. The number of hydrogen-bond acceptors (Lipinski definition) is 3. The first-order chi connectivity index (χ1) is 9.22. The lowest BCUT2D eigenvalue weighted by Crippen LogP contribution is -2.22. The summed E-state index contributed by atoms with van der Waals surface area (Å²) >= 11 is 0. The van der Waals surface area contributed by atoms with Gasteiger partial charge in [0.05, 0.1) is 0 Å². The third kappa shape index (κ3) is 2.78. The Kier molecular flexibility index (Phi) is 0.657. The van der Waals surface area contributed by atoms with Gasteiger partial charge < -0.3 is 10.5 Å². The van der Waals surface area contributed by atoms with Gasteiger partial charge in [-0.15, -0.1) is 0 Å². The molecule has 0 atom stereocenters. The van der Waals surface area contributed by atoms with Crippen LogP contribution in [0.3, 0.4) is 0 Å². The molecule has 0 unspecified atom stereocenters. The lowest BCUT2D eigenvalue weighted by Gasteiger charge is -2.20. The van der Waals surface area contributed by atoms with Crippen molar-refractivity contribution < 1.29 is 17.1 Å². The van der Waals surface area contributed by atoms with E-state index in [1.165, 1.54) is 0 Å². The molecule has 0 aliphatic heterocycles. The van der Waals surface area contributed by atoms with Crippen LogP contribution >= 0.6 is 0 Å². The molecule has 1 aromatic rings. The highest BCUT2D eigenvalue weighted by Gasteiger charge is 2.11. The van der Waals surface area contributed by atoms with E-state index in [0.717, 1.165) is 18.3 Å². The molecule has 0 amide bonds. The average molecular weight is 175 g/mol. The molecule has 0 bridgehead atoms. The molecule has 12 heavy (non-hydrogen) atoms. The number of aromatic nitrogens is 1. The Labute approximate surface area is 85.2 Å². The molecule has 1 rings (SSSR count). The summed E-state index contributed by atoms with van der Waals surface area (Å²) in [4.78, 5) is 3.63. The van der Waals surface area contributed by atoms with Crippen molar-refractivity contribution in [3.8, 4) is 5.75 Å². The topological polar surface area (TPSA) is 48.1 Å². The lowest BCUT2D eigenvalue weighted by atomic mass is 10.2. The van der Waals surface area contributed by atoms with Crippen LogP contribution in [0.4, 0.5) is 5.82 Å². The van der Waals surface area contributed by atoms with Crippen LogP contribution in [-0.2, 0) is 0 Å². The van der Waals surface area contributed by atoms with Gasteiger partial charge in [-0.25, -0.2) is 4.98 Å². The van der Waals surface area contributed by atoms with E-state index >= 15 is 0 Å². The predicted octanol–water partition coefficient (Wildman–Crippen LogP) is 1.84. The summed E-state index contributed by atoms with van der Waals surface area (Å²) < 4.78 is 71.5. The SMILES string of the molecule is [2H]C([2H])([2H])C(Oc1ccnc(N)c1)(C([2H])([2H])[2H])C([2H])([2H])[2H]. The predicted molar refractivity (Wildman–Crippen MR) is 49.0 cm³/mol. The van der Waals surface area contributed by atoms with E-state index in [1.807, 2.05) is 0 Å². The molecule has 3 heteroatoms. The van der Waals surface area contributed by atoms with Crippen molar-refractivity contribution in [2.45, 2.75) is 26.2 Å². The van der Waals surface area contributed by atoms with Crippen molar-refractivity contribution in [3.05, 3.63) is 18.3 Å². The molecule has 0 aliphatic carbocycles. The van der Waals surface area contributed by atoms with Gasteiger partial charge in [0.25, 0.3) is 0 Å². The second kappa shape index (κ2) is 3.01. The van der Waals surface area contributed by atoms with Crippen molar-refractivity contribution in [1.29, 1.82) is 0 Å². The fourth-order valence-corrected chi connectivity index (χ4v) is 0.668. The van der Waals surface area contributed by atoms with Crippen LogP contribution in [0, 0.1) is 0 Å². The van der Waals surface area contributed by atoms with Gasteiger partial charge in [-0.05, 0) is 26.6 Å². The Morgan fingerprint density at radius 1 is 1.58 bits per heavy atom. The first-order valence-corrected chi connectivity index (χ1v) is 3.13. The largest absolute Gasteiger partial charge is 0.488 e. The molecule has 0 saturated carbocycles. The summed E-state index contributed by atoms with van der Waals surface area (Å²) in [6.45, 7) is -10.3. The normalized spacial score (nSPS) is 25.5. The van der Waals surface area contributed by atoms with Crippen LogP contribution in [0.2, 0.25) is 0 Å². The summed E-state index contributed by atoms with van der Waals surface area (Å²) in [6.07, 6.45) is 1.15. The number of hydrogen-bond donors (Lipinski definition) is 1. The number of anilines is 1. The fourth-order valence-electron chi connectivity index (χ4n) is 0.668. The zero-order chi connectivity index (χ0) is 16.7. The average Bonchev–Trinajstić information content (AvgIpc) is 2.20. The molecule has 1 aromatic heterocycles. The minimum atomic E-state index is -3.43. The maximum atomic E-state index is 7.39. The van der Waals surface area contributed by atoms with Gasteiger partial charge in [0.1, 0.15) is 17.2 Å². The van der Waals surface area contributed by atoms with Crippen LogP contribution in [0.25, 0.3) is 0 Å². The van der Waals surface area contributed by atoms with E-state index in [-0.39, 0.29) is 11.6 Å². The van der Waals surface area contributed by atoms with Crippen molar-refractivity contribution in [3.63, 3.8) is 0 Å². The third-order valence-electron chi connectivity index (χ3n) is 1.02. The van der Waals surface area contributed by atoms with Gasteiger partial charge in [-0.1, -0.05) is 0 Å². The van der Waals surface area contributed by atoms with E-state index in [0.29, 0.717) is 0 Å². The molecule has 2 N–H and O–H groups in total. The van der Waals surface area contributed by atoms with Gasteiger partial charge in [0.15, 0.2) is 0 Å². The van der Waals surface area contributed by atoms with E-state index in [9.17, 15) is 0 Å². The number of nitrogen functional groups attached to an aromatic ring is 1. The quantitative estimate of drug-likeness (QED) is 0.708. The van der Waals surface area contributed by atoms with Gasteiger partial charge in [0, 0.05) is 24.6 Å². The molecule has 0 saturated heterocycles. The monoisotopic (exact) mass is 175 g/mol. The maximum Gasteiger partial charge on any atom is 0.126 e. The van der Waals surface area contributed by atoms with Crippen LogP contribution < -0.4 is 10.5 Å². The Bertz CT molecular complexity index is 469. The summed E-state index contributed by atoms with van der Waals surface area (Å²) in [5.41, 5.74) is 2.02. The van der Waals surface area contributed by atoms with Crippen molar-refractivity contribution in [2.24, 2.45) is 0 Å². The second-order valence-corrected chi connectivity index (χ2v) is 2.20. The zero-order valence-electron chi connectivity index (χ0n) is 15.2. The summed E-state index contributed by atoms with van der Waals surface area (Å²) in [7, 11) is 0. The molecule has 0 aromatic carbocycles.